The van der Waals surface area contributed by atoms with Crippen LogP contribution in [0.3, 0.4) is 0 Å². The van der Waals surface area contributed by atoms with Gasteiger partial charge in [0.25, 0.3) is 0 Å². The van der Waals surface area contributed by atoms with E-state index in [0.717, 1.165) is 37.1 Å². The van der Waals surface area contributed by atoms with E-state index < -0.39 is 17.3 Å². The van der Waals surface area contributed by atoms with Crippen LogP contribution in [-0.2, 0) is 11.0 Å². The summed E-state index contributed by atoms with van der Waals surface area (Å²) in [6.45, 7) is 1.45. The Morgan fingerprint density at radius 1 is 1.29 bits per heavy atom. The van der Waals surface area contributed by atoms with Crippen molar-refractivity contribution < 1.29 is 18.0 Å². The van der Waals surface area contributed by atoms with Crippen molar-refractivity contribution in [3.05, 3.63) is 22.9 Å². The number of rotatable bonds is 4. The quantitative estimate of drug-likeness (QED) is 0.746. The summed E-state index contributed by atoms with van der Waals surface area (Å²) < 4.78 is 39.6. The lowest BCUT2D eigenvalue weighted by molar-refractivity contribution is -0.138. The minimum absolute atomic E-state index is 0.0320. The van der Waals surface area contributed by atoms with E-state index in [4.69, 9.17) is 0 Å². The van der Waals surface area contributed by atoms with E-state index in [1.54, 1.807) is 6.07 Å². The van der Waals surface area contributed by atoms with Crippen LogP contribution in [0.4, 0.5) is 13.2 Å². The number of amides is 1. The monoisotopic (exact) mass is 409 g/mol. The zero-order chi connectivity index (χ0) is 20.1. The van der Waals surface area contributed by atoms with Gasteiger partial charge in [-0.3, -0.25) is 4.79 Å². The maximum Gasteiger partial charge on any atom is 0.417 e. The summed E-state index contributed by atoms with van der Waals surface area (Å²) in [5.41, 5.74) is -1.46. The first kappa shape index (κ1) is 19.6. The van der Waals surface area contributed by atoms with Crippen molar-refractivity contribution in [2.24, 2.45) is 17.8 Å². The van der Waals surface area contributed by atoms with E-state index in [1.807, 2.05) is 0 Å². The molecule has 4 bridgehead atoms. The minimum Gasteiger partial charge on any atom is -0.350 e. The van der Waals surface area contributed by atoms with E-state index in [1.165, 1.54) is 26.2 Å². The normalized spacial score (nSPS) is 30.9. The smallest absolute Gasteiger partial charge is 0.350 e. The molecule has 1 amide bonds. The molecule has 150 valence electrons. The van der Waals surface area contributed by atoms with Gasteiger partial charge in [-0.25, -0.2) is 4.98 Å². The lowest BCUT2D eigenvalue weighted by Gasteiger charge is -2.56. The average Bonchev–Trinajstić information content (AvgIpc) is 2.57. The Morgan fingerprint density at radius 2 is 1.86 bits per heavy atom. The second kappa shape index (κ2) is 6.94. The number of nitriles is 1. The van der Waals surface area contributed by atoms with Gasteiger partial charge >= 0.3 is 6.18 Å². The molecule has 1 N–H and O–H groups in total. The van der Waals surface area contributed by atoms with Crippen LogP contribution in [0.15, 0.2) is 11.1 Å². The van der Waals surface area contributed by atoms with Crippen LogP contribution in [-0.4, -0.2) is 22.2 Å². The number of aryl methyl sites for hydroxylation is 1. The van der Waals surface area contributed by atoms with Gasteiger partial charge in [-0.1, -0.05) is 11.8 Å². The number of nitrogens with one attached hydrogen (secondary N) is 1. The molecule has 1 heterocycles. The molecular formula is C20H22F3N3OS. The van der Waals surface area contributed by atoms with E-state index in [0.29, 0.717) is 17.8 Å². The van der Waals surface area contributed by atoms with Crippen LogP contribution in [0, 0.1) is 36.0 Å². The molecule has 4 aliphatic rings. The molecule has 5 rings (SSSR count). The molecule has 0 aromatic carbocycles. The molecule has 0 atom stereocenters. The zero-order valence-corrected chi connectivity index (χ0v) is 16.4. The van der Waals surface area contributed by atoms with Gasteiger partial charge in [0.1, 0.15) is 11.1 Å². The Kier molecular flexibility index (Phi) is 4.85. The molecule has 4 nitrogen and oxygen atoms in total. The highest BCUT2D eigenvalue weighted by molar-refractivity contribution is 8.00. The van der Waals surface area contributed by atoms with Gasteiger partial charge < -0.3 is 5.32 Å². The second-order valence-electron chi connectivity index (χ2n) is 8.64. The fourth-order valence-corrected chi connectivity index (χ4v) is 6.66. The van der Waals surface area contributed by atoms with Gasteiger partial charge in [0.15, 0.2) is 0 Å². The molecule has 4 saturated carbocycles. The van der Waals surface area contributed by atoms with Gasteiger partial charge in [-0.15, -0.1) is 0 Å². The number of thioether (sulfide) groups is 1. The Hall–Kier alpha value is -1.75. The Morgan fingerprint density at radius 3 is 2.36 bits per heavy atom. The van der Waals surface area contributed by atoms with Gasteiger partial charge in [0.05, 0.1) is 16.9 Å². The largest absolute Gasteiger partial charge is 0.417 e. The predicted molar refractivity (Wildman–Crippen MR) is 98.5 cm³/mol. The summed E-state index contributed by atoms with van der Waals surface area (Å²) in [5, 5.41) is 12.4. The molecule has 0 spiro atoms. The third kappa shape index (κ3) is 3.73. The number of pyridine rings is 1. The summed E-state index contributed by atoms with van der Waals surface area (Å²) in [6, 6.07) is 2.49. The molecule has 0 unspecified atom stereocenters. The van der Waals surface area contributed by atoms with Crippen LogP contribution in [0.2, 0.25) is 0 Å². The van der Waals surface area contributed by atoms with Crippen LogP contribution < -0.4 is 5.32 Å². The van der Waals surface area contributed by atoms with Gasteiger partial charge in [-0.05, 0) is 69.3 Å². The van der Waals surface area contributed by atoms with Crippen molar-refractivity contribution in [2.45, 2.75) is 62.2 Å². The summed E-state index contributed by atoms with van der Waals surface area (Å²) in [7, 11) is 0. The number of carbonyl (C=O) groups is 1. The van der Waals surface area contributed by atoms with Crippen molar-refractivity contribution in [3.8, 4) is 6.07 Å². The van der Waals surface area contributed by atoms with E-state index in [2.05, 4.69) is 10.3 Å². The van der Waals surface area contributed by atoms with Crippen molar-refractivity contribution in [2.75, 3.05) is 5.75 Å². The topological polar surface area (TPSA) is 65.8 Å². The Bertz CT molecular complexity index is 811. The first-order valence-electron chi connectivity index (χ1n) is 9.60. The van der Waals surface area contributed by atoms with Crippen molar-refractivity contribution >= 4 is 17.7 Å². The van der Waals surface area contributed by atoms with Crippen molar-refractivity contribution in [1.82, 2.24) is 10.3 Å². The predicted octanol–water partition coefficient (Wildman–Crippen LogP) is 4.46. The fourth-order valence-electron chi connectivity index (χ4n) is 5.81. The van der Waals surface area contributed by atoms with Gasteiger partial charge in [0.2, 0.25) is 5.91 Å². The number of alkyl halides is 3. The fraction of sp³-hybridized carbons (Fsp3) is 0.650. The molecule has 4 aliphatic carbocycles. The molecule has 1 aromatic rings. The zero-order valence-electron chi connectivity index (χ0n) is 15.6. The number of nitrogens with zero attached hydrogens (tertiary/aromatic N) is 2. The van der Waals surface area contributed by atoms with Crippen LogP contribution in [0.25, 0.3) is 0 Å². The van der Waals surface area contributed by atoms with Crippen LogP contribution in [0.5, 0.6) is 0 Å². The molecule has 4 fully saturated rings. The van der Waals surface area contributed by atoms with Crippen LogP contribution in [0.1, 0.15) is 55.3 Å². The third-order valence-electron chi connectivity index (χ3n) is 6.31. The summed E-state index contributed by atoms with van der Waals surface area (Å²) in [6.07, 6.45) is 2.21. The SMILES string of the molecule is Cc1cc(C(F)(F)F)c(C#N)c(SCC(=O)NC23CC4CC(CC(C4)C2)C3)n1. The van der Waals surface area contributed by atoms with Crippen molar-refractivity contribution in [3.63, 3.8) is 0 Å². The Labute approximate surface area is 166 Å². The number of hydrogen-bond donors (Lipinski definition) is 1. The number of carbonyl (C=O) groups excluding carboxylic acids is 1. The number of aromatic nitrogens is 1. The Balaban J connectivity index is 1.46. The number of hydrogen-bond acceptors (Lipinski definition) is 4. The third-order valence-corrected chi connectivity index (χ3v) is 7.29. The van der Waals surface area contributed by atoms with Crippen molar-refractivity contribution in [1.29, 1.82) is 5.26 Å². The van der Waals surface area contributed by atoms with E-state index >= 15 is 0 Å². The minimum atomic E-state index is -4.63. The molecule has 28 heavy (non-hydrogen) atoms. The molecule has 0 radical (unpaired) electrons. The number of halogens is 3. The summed E-state index contributed by atoms with van der Waals surface area (Å²) in [4.78, 5) is 16.7. The lowest BCUT2D eigenvalue weighted by atomic mass is 9.53. The summed E-state index contributed by atoms with van der Waals surface area (Å²) >= 11 is 0.907. The molecule has 1 aromatic heterocycles. The average molecular weight is 409 g/mol. The second-order valence-corrected chi connectivity index (χ2v) is 9.60. The maximum absolute atomic E-state index is 13.2. The first-order chi connectivity index (χ1) is 13.2. The molecule has 0 aliphatic heterocycles. The maximum atomic E-state index is 13.2. The lowest BCUT2D eigenvalue weighted by Crippen LogP contribution is -2.60. The van der Waals surface area contributed by atoms with Crippen LogP contribution >= 0.6 is 11.8 Å². The highest BCUT2D eigenvalue weighted by atomic mass is 32.2. The van der Waals surface area contributed by atoms with E-state index in [9.17, 15) is 23.2 Å². The van der Waals surface area contributed by atoms with Gasteiger partial charge in [-0.2, -0.15) is 18.4 Å². The standard InChI is InChI=1S/C20H22F3N3OS/c1-11-2-16(20(21,22)23)15(9-24)18(25-11)28-10-17(27)26-19-6-12-3-13(7-19)5-14(4-12)8-19/h2,12-14H,3-8,10H2,1H3,(H,26,27). The highest BCUT2D eigenvalue weighted by Crippen LogP contribution is 2.55. The summed E-state index contributed by atoms with van der Waals surface area (Å²) in [5.74, 6) is 1.85. The van der Waals surface area contributed by atoms with E-state index in [-0.39, 0.29) is 27.9 Å². The first-order valence-corrected chi connectivity index (χ1v) is 10.6. The highest BCUT2D eigenvalue weighted by Gasteiger charge is 2.51. The molecular weight excluding hydrogens is 387 g/mol. The molecule has 0 saturated heterocycles. The van der Waals surface area contributed by atoms with Gasteiger partial charge in [0, 0.05) is 11.2 Å². The molecule has 8 heteroatoms.